The first-order valence-electron chi connectivity index (χ1n) is 9.44. The van der Waals surface area contributed by atoms with Gasteiger partial charge in [0.25, 0.3) is 11.7 Å². The molecule has 2 aromatic carbocycles. The van der Waals surface area contributed by atoms with Crippen LogP contribution in [0.25, 0.3) is 0 Å². The Balaban J connectivity index is 1.88. The van der Waals surface area contributed by atoms with Gasteiger partial charge in [-0.25, -0.2) is 19.8 Å². The van der Waals surface area contributed by atoms with Gasteiger partial charge in [-0.2, -0.15) is 0 Å². The minimum absolute atomic E-state index is 0.0629. The van der Waals surface area contributed by atoms with E-state index < -0.39 is 12.3 Å². The van der Waals surface area contributed by atoms with E-state index in [0.29, 0.717) is 5.56 Å². The summed E-state index contributed by atoms with van der Waals surface area (Å²) < 4.78 is 5.22. The fraction of sp³-hybridized carbons (Fsp3) is 0.286. The number of carbonyl (C=O) groups is 2. The molecule has 2 heterocycles. The van der Waals surface area contributed by atoms with E-state index in [9.17, 15) is 9.59 Å². The predicted octanol–water partition coefficient (Wildman–Crippen LogP) is 2.41. The zero-order valence-corrected chi connectivity index (χ0v) is 16.9. The van der Waals surface area contributed by atoms with Crippen molar-refractivity contribution >= 4 is 29.1 Å². The quantitative estimate of drug-likeness (QED) is 0.746. The Kier molecular flexibility index (Phi) is 4.62. The van der Waals surface area contributed by atoms with Crippen molar-refractivity contribution in [2.24, 2.45) is 5.10 Å². The number of para-hydroxylation sites is 1. The third-order valence-corrected chi connectivity index (χ3v) is 5.09. The second kappa shape index (κ2) is 7.12. The smallest absolute Gasteiger partial charge is 0.377 e. The molecule has 0 saturated carbocycles. The molecule has 8 heteroatoms. The summed E-state index contributed by atoms with van der Waals surface area (Å²) in [5, 5.41) is 9.31. The Bertz CT molecular complexity index is 988. The van der Waals surface area contributed by atoms with Gasteiger partial charge in [-0.05, 0) is 38.1 Å². The monoisotopic (exact) mass is 393 g/mol. The van der Waals surface area contributed by atoms with Crippen molar-refractivity contribution in [1.82, 2.24) is 10.0 Å². The number of rotatable bonds is 3. The van der Waals surface area contributed by atoms with Crippen LogP contribution in [0.1, 0.15) is 22.8 Å². The lowest BCUT2D eigenvalue weighted by atomic mass is 10.1. The molecule has 8 nitrogen and oxygen atoms in total. The van der Waals surface area contributed by atoms with Crippen molar-refractivity contribution in [1.29, 1.82) is 0 Å². The number of nitrogens with zero attached hydrogens (tertiary/aromatic N) is 5. The van der Waals surface area contributed by atoms with Crippen LogP contribution in [0, 0.1) is 6.92 Å². The summed E-state index contributed by atoms with van der Waals surface area (Å²) in [7, 11) is 3.52. The molecule has 0 spiro atoms. The van der Waals surface area contributed by atoms with E-state index >= 15 is 0 Å². The Labute approximate surface area is 169 Å². The zero-order valence-electron chi connectivity index (χ0n) is 16.9. The molecule has 0 N–H and O–H groups in total. The molecule has 0 bridgehead atoms. The van der Waals surface area contributed by atoms with Crippen molar-refractivity contribution in [2.75, 3.05) is 30.6 Å². The van der Waals surface area contributed by atoms with Gasteiger partial charge in [0.1, 0.15) is 0 Å². The first-order valence-corrected chi connectivity index (χ1v) is 9.44. The Morgan fingerprint density at radius 3 is 2.48 bits per heavy atom. The fourth-order valence-electron chi connectivity index (χ4n) is 3.61. The van der Waals surface area contributed by atoms with Gasteiger partial charge in [-0.1, -0.05) is 29.8 Å². The van der Waals surface area contributed by atoms with Gasteiger partial charge in [-0.15, -0.1) is 5.10 Å². The van der Waals surface area contributed by atoms with Gasteiger partial charge < -0.3 is 9.64 Å². The van der Waals surface area contributed by atoms with Gasteiger partial charge >= 0.3 is 5.97 Å². The lowest BCUT2D eigenvalue weighted by Gasteiger charge is -2.39. The topological polar surface area (TPSA) is 68.7 Å². The number of anilines is 2. The summed E-state index contributed by atoms with van der Waals surface area (Å²) in [6.07, 6.45) is -0.547. The summed E-state index contributed by atoms with van der Waals surface area (Å²) in [4.78, 5) is 27.8. The molecule has 0 unspecified atom stereocenters. The predicted molar refractivity (Wildman–Crippen MR) is 110 cm³/mol. The molecule has 29 heavy (non-hydrogen) atoms. The van der Waals surface area contributed by atoms with Crippen LogP contribution in [0.3, 0.4) is 0 Å². The van der Waals surface area contributed by atoms with E-state index in [0.717, 1.165) is 16.9 Å². The summed E-state index contributed by atoms with van der Waals surface area (Å²) in [6.45, 7) is 3.96. The maximum Gasteiger partial charge on any atom is 0.377 e. The lowest BCUT2D eigenvalue weighted by Crippen LogP contribution is -2.59. The number of hydrogen-bond acceptors (Lipinski definition) is 7. The van der Waals surface area contributed by atoms with Crippen LogP contribution in [-0.4, -0.2) is 54.7 Å². The van der Waals surface area contributed by atoms with E-state index in [1.54, 1.807) is 30.1 Å². The number of hydrogen-bond donors (Lipinski definition) is 0. The second-order valence-corrected chi connectivity index (χ2v) is 6.97. The second-order valence-electron chi connectivity index (χ2n) is 6.97. The third kappa shape index (κ3) is 2.97. The number of amidine groups is 1. The normalized spacial score (nSPS) is 18.3. The fourth-order valence-corrected chi connectivity index (χ4v) is 3.61. The zero-order chi connectivity index (χ0) is 20.7. The highest BCUT2D eigenvalue weighted by molar-refractivity contribution is 6.36. The molecule has 0 saturated heterocycles. The molecule has 2 aromatic rings. The summed E-state index contributed by atoms with van der Waals surface area (Å²) >= 11 is 0. The van der Waals surface area contributed by atoms with Crippen molar-refractivity contribution < 1.29 is 14.3 Å². The van der Waals surface area contributed by atoms with E-state index in [2.05, 4.69) is 5.10 Å². The van der Waals surface area contributed by atoms with Crippen LogP contribution < -0.4 is 9.91 Å². The van der Waals surface area contributed by atoms with Crippen molar-refractivity contribution in [3.8, 4) is 0 Å². The number of fused-ring (bicyclic) bond motifs is 2. The Morgan fingerprint density at radius 2 is 1.79 bits per heavy atom. The third-order valence-electron chi connectivity index (χ3n) is 5.09. The van der Waals surface area contributed by atoms with E-state index in [1.165, 1.54) is 5.01 Å². The van der Waals surface area contributed by atoms with Crippen LogP contribution in [0.5, 0.6) is 0 Å². The molecule has 2 aliphatic rings. The highest BCUT2D eigenvalue weighted by atomic mass is 16.5. The summed E-state index contributed by atoms with van der Waals surface area (Å²) in [5.41, 5.74) is 3.23. The van der Waals surface area contributed by atoms with Gasteiger partial charge in [-0.3, -0.25) is 4.79 Å². The van der Waals surface area contributed by atoms with Crippen molar-refractivity contribution in [3.05, 3.63) is 59.7 Å². The molecular weight excluding hydrogens is 370 g/mol. The lowest BCUT2D eigenvalue weighted by molar-refractivity contribution is -0.136. The maximum absolute atomic E-state index is 13.2. The summed E-state index contributed by atoms with van der Waals surface area (Å²) in [6, 6.07) is 15.2. The van der Waals surface area contributed by atoms with Gasteiger partial charge in [0.15, 0.2) is 0 Å². The average molecular weight is 393 g/mol. The molecule has 4 rings (SSSR count). The highest BCUT2D eigenvalue weighted by Crippen LogP contribution is 2.35. The number of esters is 1. The van der Waals surface area contributed by atoms with Crippen LogP contribution in [0.2, 0.25) is 0 Å². The van der Waals surface area contributed by atoms with Gasteiger partial charge in [0.05, 0.1) is 23.5 Å². The SMILES string of the molecule is CCOC(=O)C1=NN(c2ccc(C)cc2)[C@H]2N(C)c3ccccc3C(=O)N(C)N12. The molecule has 0 aromatic heterocycles. The molecular formula is C21H23N5O3. The van der Waals surface area contributed by atoms with Crippen molar-refractivity contribution in [2.45, 2.75) is 20.1 Å². The van der Waals surface area contributed by atoms with E-state index in [1.807, 2.05) is 61.3 Å². The van der Waals surface area contributed by atoms with Gasteiger partial charge in [0.2, 0.25) is 6.29 Å². The molecule has 1 atom stereocenters. The molecule has 0 radical (unpaired) electrons. The number of amides is 1. The molecule has 0 aliphatic carbocycles. The van der Waals surface area contributed by atoms with Crippen LogP contribution in [0.15, 0.2) is 53.6 Å². The standard InChI is InChI=1S/C21H23N5O3/c1-5-29-20(28)18-22-25(15-12-10-14(2)11-13-15)21-23(3)17-9-7-6-8-16(17)19(27)24(4)26(18)21/h6-13,21H,5H2,1-4H3/t21-/m1/s1. The maximum atomic E-state index is 13.2. The Hall–Kier alpha value is -3.55. The number of carbonyl (C=O) groups excluding carboxylic acids is 2. The molecule has 2 aliphatic heterocycles. The van der Waals surface area contributed by atoms with Crippen molar-refractivity contribution in [3.63, 3.8) is 0 Å². The average Bonchev–Trinajstić information content (AvgIpc) is 3.10. The number of ether oxygens (including phenoxy) is 1. The minimum atomic E-state index is -0.578. The molecule has 0 fully saturated rings. The van der Waals surface area contributed by atoms with Crippen LogP contribution >= 0.6 is 0 Å². The van der Waals surface area contributed by atoms with E-state index in [4.69, 9.17) is 4.74 Å². The first-order chi connectivity index (χ1) is 13.9. The van der Waals surface area contributed by atoms with Crippen LogP contribution in [-0.2, 0) is 9.53 Å². The first kappa shape index (κ1) is 18.8. The highest BCUT2D eigenvalue weighted by Gasteiger charge is 2.48. The largest absolute Gasteiger partial charge is 0.460 e. The summed E-state index contributed by atoms with van der Waals surface area (Å²) in [5.74, 6) is -0.739. The van der Waals surface area contributed by atoms with Crippen LogP contribution in [0.4, 0.5) is 11.4 Å². The number of hydrazine groups is 1. The molecule has 1 amide bonds. The minimum Gasteiger partial charge on any atom is -0.460 e. The number of benzene rings is 2. The Morgan fingerprint density at radius 1 is 1.10 bits per heavy atom. The number of aryl methyl sites for hydroxylation is 1. The number of hydrazone groups is 1. The van der Waals surface area contributed by atoms with E-state index in [-0.39, 0.29) is 18.3 Å². The van der Waals surface area contributed by atoms with Gasteiger partial charge in [0, 0.05) is 14.1 Å². The molecule has 150 valence electrons.